The van der Waals surface area contributed by atoms with E-state index in [0.717, 1.165) is 24.2 Å². The van der Waals surface area contributed by atoms with E-state index in [0.29, 0.717) is 6.42 Å². The van der Waals surface area contributed by atoms with Gasteiger partial charge in [-0.2, -0.15) is 0 Å². The van der Waals surface area contributed by atoms with Gasteiger partial charge in [0.15, 0.2) is 0 Å². The molecule has 0 aromatic carbocycles. The number of aryl methyl sites for hydroxylation is 1. The molecule has 10 heavy (non-hydrogen) atoms. The summed E-state index contributed by atoms with van der Waals surface area (Å²) in [6.07, 6.45) is 3.89. The fourth-order valence-corrected chi connectivity index (χ4v) is 1.29. The molecule has 1 heterocycles. The topological polar surface area (TPSA) is 46.3 Å². The smallest absolute Gasteiger partial charge is 0.142 e. The Labute approximate surface area is 58.6 Å². The lowest BCUT2D eigenvalue weighted by atomic mass is 9.97. The molecule has 1 aromatic heterocycles. The summed E-state index contributed by atoms with van der Waals surface area (Å²) in [5.74, 6) is 0.860. The van der Waals surface area contributed by atoms with Crippen LogP contribution in [0.3, 0.4) is 0 Å². The maximum absolute atomic E-state index is 9.19. The average Bonchev–Trinajstić information content (AvgIpc) is 2.33. The van der Waals surface area contributed by atoms with Gasteiger partial charge in [0.25, 0.3) is 0 Å². The number of rotatable bonds is 0. The van der Waals surface area contributed by atoms with Crippen LogP contribution in [0.15, 0.2) is 10.7 Å². The Hall–Kier alpha value is -0.830. The van der Waals surface area contributed by atoms with Crippen LogP contribution < -0.4 is 0 Å². The van der Waals surface area contributed by atoms with E-state index in [4.69, 9.17) is 4.52 Å². The lowest BCUT2D eigenvalue weighted by molar-refractivity contribution is 0.146. The highest BCUT2D eigenvalue weighted by atomic mass is 16.5. The van der Waals surface area contributed by atoms with Crippen LogP contribution in [0.2, 0.25) is 0 Å². The molecule has 0 saturated heterocycles. The molecule has 0 saturated carbocycles. The first-order valence-electron chi connectivity index (χ1n) is 3.47. The zero-order valence-corrected chi connectivity index (χ0v) is 5.58. The normalized spacial score (nSPS) is 24.3. The van der Waals surface area contributed by atoms with E-state index in [-0.39, 0.29) is 6.10 Å². The summed E-state index contributed by atoms with van der Waals surface area (Å²) in [5.41, 5.74) is 1.16. The van der Waals surface area contributed by atoms with E-state index >= 15 is 0 Å². The molecule has 2 rings (SSSR count). The zero-order valence-electron chi connectivity index (χ0n) is 5.58. The molecule has 1 aliphatic carbocycles. The average molecular weight is 139 g/mol. The molecule has 1 aliphatic rings. The first-order valence-corrected chi connectivity index (χ1v) is 3.47. The number of aliphatic hydroxyl groups excluding tert-OH is 1. The van der Waals surface area contributed by atoms with Crippen molar-refractivity contribution in [3.63, 3.8) is 0 Å². The van der Waals surface area contributed by atoms with Gasteiger partial charge in [-0.15, -0.1) is 0 Å². The standard InChI is InChI=1S/C7H9NO2/c9-6-2-1-5-4-8-10-7(5)3-6/h4,6,9H,1-3H2. The van der Waals surface area contributed by atoms with Crippen LogP contribution in [0.5, 0.6) is 0 Å². The molecule has 0 spiro atoms. The Kier molecular flexibility index (Phi) is 1.24. The third kappa shape index (κ3) is 0.827. The third-order valence-electron chi connectivity index (χ3n) is 1.90. The van der Waals surface area contributed by atoms with E-state index in [2.05, 4.69) is 5.16 Å². The van der Waals surface area contributed by atoms with E-state index in [1.165, 1.54) is 0 Å². The van der Waals surface area contributed by atoms with Gasteiger partial charge < -0.3 is 9.63 Å². The molecule has 0 radical (unpaired) electrons. The molecule has 1 N–H and O–H groups in total. The Morgan fingerprint density at radius 1 is 1.70 bits per heavy atom. The second-order valence-electron chi connectivity index (χ2n) is 2.67. The largest absolute Gasteiger partial charge is 0.393 e. The Morgan fingerprint density at radius 2 is 2.60 bits per heavy atom. The summed E-state index contributed by atoms with van der Waals surface area (Å²) in [7, 11) is 0. The Morgan fingerprint density at radius 3 is 3.50 bits per heavy atom. The molecule has 3 nitrogen and oxygen atoms in total. The highest BCUT2D eigenvalue weighted by Crippen LogP contribution is 2.20. The first kappa shape index (κ1) is 5.92. The van der Waals surface area contributed by atoms with Crippen molar-refractivity contribution in [2.45, 2.75) is 25.4 Å². The predicted octanol–water partition coefficient (Wildman–Crippen LogP) is 0.524. The Balaban J connectivity index is 2.30. The molecular formula is C7H9NO2. The van der Waals surface area contributed by atoms with Gasteiger partial charge in [0.1, 0.15) is 5.76 Å². The van der Waals surface area contributed by atoms with Gasteiger partial charge in [-0.1, -0.05) is 5.16 Å². The summed E-state index contributed by atoms with van der Waals surface area (Å²) in [4.78, 5) is 0. The molecule has 1 unspecified atom stereocenters. The number of hydrogen-bond acceptors (Lipinski definition) is 3. The van der Waals surface area contributed by atoms with Crippen LogP contribution in [0.4, 0.5) is 0 Å². The Bertz CT molecular complexity index is 231. The second-order valence-corrected chi connectivity index (χ2v) is 2.67. The van der Waals surface area contributed by atoms with Gasteiger partial charge in [0.05, 0.1) is 12.3 Å². The van der Waals surface area contributed by atoms with Gasteiger partial charge in [-0.3, -0.25) is 0 Å². The van der Waals surface area contributed by atoms with E-state index in [1.807, 2.05) is 0 Å². The van der Waals surface area contributed by atoms with Crippen molar-refractivity contribution >= 4 is 0 Å². The van der Waals surface area contributed by atoms with E-state index < -0.39 is 0 Å². The molecule has 54 valence electrons. The van der Waals surface area contributed by atoms with Crippen molar-refractivity contribution in [2.24, 2.45) is 0 Å². The summed E-state index contributed by atoms with van der Waals surface area (Å²) >= 11 is 0. The molecule has 0 amide bonds. The minimum atomic E-state index is -0.222. The highest BCUT2D eigenvalue weighted by Gasteiger charge is 2.19. The van der Waals surface area contributed by atoms with E-state index in [9.17, 15) is 5.11 Å². The van der Waals surface area contributed by atoms with Gasteiger partial charge in [-0.25, -0.2) is 0 Å². The van der Waals surface area contributed by atoms with Crippen LogP contribution in [0.1, 0.15) is 17.7 Å². The summed E-state index contributed by atoms with van der Waals surface area (Å²) in [6, 6.07) is 0. The number of fused-ring (bicyclic) bond motifs is 1. The van der Waals surface area contributed by atoms with Crippen LogP contribution in [0, 0.1) is 0 Å². The highest BCUT2D eigenvalue weighted by molar-refractivity contribution is 5.17. The fraction of sp³-hybridized carbons (Fsp3) is 0.571. The molecule has 1 aromatic rings. The van der Waals surface area contributed by atoms with Gasteiger partial charge in [-0.05, 0) is 12.8 Å². The lowest BCUT2D eigenvalue weighted by Gasteiger charge is -2.13. The van der Waals surface area contributed by atoms with Gasteiger partial charge >= 0.3 is 0 Å². The van der Waals surface area contributed by atoms with Crippen molar-refractivity contribution in [1.29, 1.82) is 0 Å². The molecule has 1 atom stereocenters. The summed E-state index contributed by atoms with van der Waals surface area (Å²) in [6.45, 7) is 0. The van der Waals surface area contributed by atoms with Gasteiger partial charge in [0.2, 0.25) is 0 Å². The molecule has 0 aliphatic heterocycles. The van der Waals surface area contributed by atoms with Crippen LogP contribution in [-0.2, 0) is 12.8 Å². The van der Waals surface area contributed by atoms with Crippen molar-refractivity contribution in [3.8, 4) is 0 Å². The summed E-state index contributed by atoms with van der Waals surface area (Å²) < 4.78 is 4.92. The second kappa shape index (κ2) is 2.09. The number of aromatic nitrogens is 1. The number of hydrogen-bond donors (Lipinski definition) is 1. The maximum atomic E-state index is 9.19. The predicted molar refractivity (Wildman–Crippen MR) is 34.5 cm³/mol. The van der Waals surface area contributed by atoms with Crippen LogP contribution in [-0.4, -0.2) is 16.4 Å². The zero-order chi connectivity index (χ0) is 6.97. The third-order valence-corrected chi connectivity index (χ3v) is 1.90. The van der Waals surface area contributed by atoms with Crippen molar-refractivity contribution in [1.82, 2.24) is 5.16 Å². The van der Waals surface area contributed by atoms with E-state index in [1.54, 1.807) is 6.20 Å². The maximum Gasteiger partial charge on any atom is 0.142 e. The van der Waals surface area contributed by atoms with Crippen LogP contribution in [0.25, 0.3) is 0 Å². The van der Waals surface area contributed by atoms with Gasteiger partial charge in [0, 0.05) is 12.0 Å². The van der Waals surface area contributed by atoms with Crippen molar-refractivity contribution in [2.75, 3.05) is 0 Å². The fourth-order valence-electron chi connectivity index (χ4n) is 1.29. The lowest BCUT2D eigenvalue weighted by Crippen LogP contribution is -2.16. The summed E-state index contributed by atoms with van der Waals surface area (Å²) in [5, 5.41) is 12.8. The quantitative estimate of drug-likeness (QED) is 0.570. The van der Waals surface area contributed by atoms with Crippen molar-refractivity contribution in [3.05, 3.63) is 17.5 Å². The van der Waals surface area contributed by atoms with Crippen molar-refractivity contribution < 1.29 is 9.63 Å². The first-order chi connectivity index (χ1) is 4.86. The molecule has 0 bridgehead atoms. The SMILES string of the molecule is OC1CCc2cnoc2C1. The van der Waals surface area contributed by atoms with Crippen LogP contribution >= 0.6 is 0 Å². The monoisotopic (exact) mass is 139 g/mol. The number of aliphatic hydroxyl groups is 1. The molecule has 0 fully saturated rings. The minimum Gasteiger partial charge on any atom is -0.393 e. The minimum absolute atomic E-state index is 0.222. The molecule has 3 heteroatoms. The molecular weight excluding hydrogens is 130 g/mol. The number of nitrogens with zero attached hydrogens (tertiary/aromatic N) is 1.